The average molecular weight is 391 g/mol. The largest absolute Gasteiger partial charge is 0.497 e. The number of nitrogens with one attached hydrogen (secondary N) is 1. The van der Waals surface area contributed by atoms with Crippen molar-refractivity contribution in [2.24, 2.45) is 0 Å². The number of piperazine rings is 1. The van der Waals surface area contributed by atoms with Gasteiger partial charge in [0.05, 0.1) is 13.5 Å². The summed E-state index contributed by atoms with van der Waals surface area (Å²) in [6, 6.07) is 6.74. The van der Waals surface area contributed by atoms with E-state index in [4.69, 9.17) is 9.47 Å². The molecule has 1 N–H and O–H groups in total. The van der Waals surface area contributed by atoms with Gasteiger partial charge in [-0.1, -0.05) is 0 Å². The first-order valence-electron chi connectivity index (χ1n) is 9.02. The van der Waals surface area contributed by atoms with Crippen molar-refractivity contribution in [2.45, 2.75) is 19.8 Å². The molecule has 0 atom stereocenters. The normalized spacial score (nSPS) is 13.6. The molecule has 0 spiro atoms. The highest BCUT2D eigenvalue weighted by Crippen LogP contribution is 2.14. The predicted molar refractivity (Wildman–Crippen MR) is 101 cm³/mol. The van der Waals surface area contributed by atoms with Crippen molar-refractivity contribution in [1.29, 1.82) is 0 Å². The first kappa shape index (κ1) is 21.2. The summed E-state index contributed by atoms with van der Waals surface area (Å²) in [7, 11) is 1.55. The van der Waals surface area contributed by atoms with E-state index >= 15 is 0 Å². The fourth-order valence-corrected chi connectivity index (χ4v) is 2.73. The van der Waals surface area contributed by atoms with Crippen LogP contribution in [0.5, 0.6) is 5.75 Å². The highest BCUT2D eigenvalue weighted by molar-refractivity contribution is 5.93. The topological polar surface area (TPSA) is 105 Å². The molecule has 0 radical (unpaired) electrons. The summed E-state index contributed by atoms with van der Waals surface area (Å²) in [4.78, 5) is 50.3. The molecule has 1 aliphatic heterocycles. The zero-order chi connectivity index (χ0) is 20.5. The summed E-state index contributed by atoms with van der Waals surface area (Å²) in [5.41, 5.74) is 0.557. The van der Waals surface area contributed by atoms with Crippen LogP contribution in [0.2, 0.25) is 0 Å². The van der Waals surface area contributed by atoms with Crippen molar-refractivity contribution in [1.82, 2.24) is 9.80 Å². The third-order valence-corrected chi connectivity index (χ3v) is 4.36. The van der Waals surface area contributed by atoms with Crippen molar-refractivity contribution in [3.05, 3.63) is 24.3 Å². The Balaban J connectivity index is 1.64. The van der Waals surface area contributed by atoms with E-state index in [0.717, 1.165) is 0 Å². The molecule has 1 aromatic rings. The lowest BCUT2D eigenvalue weighted by atomic mass is 10.2. The smallest absolute Gasteiger partial charge is 0.306 e. The molecule has 1 fully saturated rings. The highest BCUT2D eigenvalue weighted by Gasteiger charge is 2.22. The number of hydrogen-bond donors (Lipinski definition) is 1. The Morgan fingerprint density at radius 1 is 0.964 bits per heavy atom. The number of hydrogen-bond acceptors (Lipinski definition) is 6. The number of anilines is 1. The molecule has 1 saturated heterocycles. The van der Waals surface area contributed by atoms with Crippen LogP contribution < -0.4 is 10.1 Å². The molecule has 152 valence electrons. The molecule has 3 amide bonds. The number of carbonyl (C=O) groups is 4. The fraction of sp³-hybridized carbons (Fsp3) is 0.474. The van der Waals surface area contributed by atoms with Crippen molar-refractivity contribution in [2.75, 3.05) is 45.2 Å². The molecule has 0 saturated carbocycles. The Morgan fingerprint density at radius 2 is 1.57 bits per heavy atom. The van der Waals surface area contributed by atoms with Gasteiger partial charge < -0.3 is 24.6 Å². The Morgan fingerprint density at radius 3 is 2.14 bits per heavy atom. The van der Waals surface area contributed by atoms with Crippen LogP contribution in [-0.2, 0) is 23.9 Å². The van der Waals surface area contributed by atoms with E-state index in [0.29, 0.717) is 37.6 Å². The van der Waals surface area contributed by atoms with Crippen LogP contribution in [0.25, 0.3) is 0 Å². The molecule has 0 bridgehead atoms. The van der Waals surface area contributed by atoms with Gasteiger partial charge >= 0.3 is 5.97 Å². The molecule has 28 heavy (non-hydrogen) atoms. The second-order valence-electron chi connectivity index (χ2n) is 6.32. The van der Waals surface area contributed by atoms with Gasteiger partial charge in [-0.2, -0.15) is 0 Å². The van der Waals surface area contributed by atoms with Gasteiger partial charge in [0.25, 0.3) is 5.91 Å². The number of methoxy groups -OCH3 is 1. The molecular formula is C19H25N3O6. The predicted octanol–water partition coefficient (Wildman–Crippen LogP) is 0.648. The third-order valence-electron chi connectivity index (χ3n) is 4.36. The van der Waals surface area contributed by atoms with Crippen molar-refractivity contribution < 1.29 is 28.7 Å². The molecule has 1 heterocycles. The number of nitrogens with zero attached hydrogens (tertiary/aromatic N) is 2. The molecule has 9 nitrogen and oxygen atoms in total. The van der Waals surface area contributed by atoms with Crippen LogP contribution in [0, 0.1) is 0 Å². The molecule has 9 heteroatoms. The number of amides is 3. The van der Waals surface area contributed by atoms with E-state index in [2.05, 4.69) is 5.32 Å². The summed E-state index contributed by atoms with van der Waals surface area (Å²) in [5, 5.41) is 2.60. The van der Waals surface area contributed by atoms with Gasteiger partial charge in [-0.25, -0.2) is 0 Å². The number of benzene rings is 1. The standard InChI is InChI=1S/C19H25N3O6/c1-14(23)21-9-11-22(12-10-21)18(25)7-8-19(26)28-13-17(24)20-15-3-5-16(27-2)6-4-15/h3-6H,7-13H2,1-2H3,(H,20,24). The summed E-state index contributed by atoms with van der Waals surface area (Å²) in [6.07, 6.45) is -0.0828. The van der Waals surface area contributed by atoms with Crippen LogP contribution >= 0.6 is 0 Å². The molecule has 0 aliphatic carbocycles. The summed E-state index contributed by atoms with van der Waals surface area (Å²) in [5.74, 6) is -0.589. The first-order valence-corrected chi connectivity index (χ1v) is 9.02. The maximum absolute atomic E-state index is 12.1. The van der Waals surface area contributed by atoms with Gasteiger partial charge in [0.2, 0.25) is 11.8 Å². The summed E-state index contributed by atoms with van der Waals surface area (Å²) < 4.78 is 9.94. The van der Waals surface area contributed by atoms with E-state index in [1.165, 1.54) is 6.92 Å². The Kier molecular flexibility index (Phi) is 7.79. The minimum Gasteiger partial charge on any atom is -0.497 e. The number of rotatable bonds is 7. The number of carbonyl (C=O) groups excluding carboxylic acids is 4. The maximum Gasteiger partial charge on any atom is 0.306 e. The zero-order valence-corrected chi connectivity index (χ0v) is 16.1. The van der Waals surface area contributed by atoms with E-state index < -0.39 is 18.5 Å². The molecule has 0 aromatic heterocycles. The molecule has 2 rings (SSSR count). The Hall–Kier alpha value is -3.10. The summed E-state index contributed by atoms with van der Waals surface area (Å²) in [6.45, 7) is 2.98. The van der Waals surface area contributed by atoms with Gasteiger partial charge in [-0.3, -0.25) is 19.2 Å². The minimum atomic E-state index is -0.611. The summed E-state index contributed by atoms with van der Waals surface area (Å²) >= 11 is 0. The second-order valence-corrected chi connectivity index (χ2v) is 6.32. The van der Waals surface area contributed by atoms with Gasteiger partial charge in [0.1, 0.15) is 5.75 Å². The fourth-order valence-electron chi connectivity index (χ4n) is 2.73. The zero-order valence-electron chi connectivity index (χ0n) is 16.1. The van der Waals surface area contributed by atoms with E-state index in [1.807, 2.05) is 0 Å². The van der Waals surface area contributed by atoms with Crippen molar-refractivity contribution in [3.8, 4) is 5.75 Å². The third kappa shape index (κ3) is 6.57. The van der Waals surface area contributed by atoms with Crippen LogP contribution in [0.15, 0.2) is 24.3 Å². The van der Waals surface area contributed by atoms with Crippen LogP contribution in [0.3, 0.4) is 0 Å². The quantitative estimate of drug-likeness (QED) is 0.684. The van der Waals surface area contributed by atoms with Crippen molar-refractivity contribution >= 4 is 29.4 Å². The van der Waals surface area contributed by atoms with Gasteiger partial charge in [0.15, 0.2) is 6.61 Å². The lowest BCUT2D eigenvalue weighted by Gasteiger charge is -2.34. The highest BCUT2D eigenvalue weighted by atomic mass is 16.5. The molecular weight excluding hydrogens is 366 g/mol. The van der Waals surface area contributed by atoms with Crippen molar-refractivity contribution in [3.63, 3.8) is 0 Å². The van der Waals surface area contributed by atoms with Gasteiger partial charge in [-0.05, 0) is 24.3 Å². The molecule has 1 aliphatic rings. The first-order chi connectivity index (χ1) is 13.4. The molecule has 1 aromatic carbocycles. The van der Waals surface area contributed by atoms with Gasteiger partial charge in [-0.15, -0.1) is 0 Å². The van der Waals surface area contributed by atoms with E-state index in [1.54, 1.807) is 41.2 Å². The van der Waals surface area contributed by atoms with Crippen LogP contribution in [-0.4, -0.2) is 73.4 Å². The number of esters is 1. The monoisotopic (exact) mass is 391 g/mol. The maximum atomic E-state index is 12.1. The second kappa shape index (κ2) is 10.3. The Labute approximate surface area is 163 Å². The van der Waals surface area contributed by atoms with Crippen LogP contribution in [0.1, 0.15) is 19.8 Å². The average Bonchev–Trinajstić information content (AvgIpc) is 2.71. The van der Waals surface area contributed by atoms with E-state index in [-0.39, 0.29) is 24.7 Å². The minimum absolute atomic E-state index is 0.0106. The SMILES string of the molecule is COc1ccc(NC(=O)COC(=O)CCC(=O)N2CCN(C(C)=O)CC2)cc1. The lowest BCUT2D eigenvalue weighted by molar-refractivity contribution is -0.149. The number of ether oxygens (including phenoxy) is 2. The van der Waals surface area contributed by atoms with E-state index in [9.17, 15) is 19.2 Å². The Bertz CT molecular complexity index is 711. The van der Waals surface area contributed by atoms with Gasteiger partial charge in [0, 0.05) is 45.2 Å². The lowest BCUT2D eigenvalue weighted by Crippen LogP contribution is -2.50. The molecule has 0 unspecified atom stereocenters. The van der Waals surface area contributed by atoms with Crippen LogP contribution in [0.4, 0.5) is 5.69 Å².